The summed E-state index contributed by atoms with van der Waals surface area (Å²) in [5.74, 6) is -1.04. The fourth-order valence-corrected chi connectivity index (χ4v) is 2.78. The number of carbonyl (C=O) groups is 2. The van der Waals surface area contributed by atoms with Crippen molar-refractivity contribution >= 4 is 11.9 Å². The van der Waals surface area contributed by atoms with E-state index in [0.717, 1.165) is 17.7 Å². The molecular formula is C20H21NO5. The average molecular weight is 355 g/mol. The van der Waals surface area contributed by atoms with Crippen molar-refractivity contribution in [2.45, 2.75) is 26.2 Å². The van der Waals surface area contributed by atoms with E-state index in [4.69, 9.17) is 9.47 Å². The van der Waals surface area contributed by atoms with Gasteiger partial charge in [-0.1, -0.05) is 19.1 Å². The van der Waals surface area contributed by atoms with Crippen molar-refractivity contribution < 1.29 is 23.8 Å². The van der Waals surface area contributed by atoms with Crippen molar-refractivity contribution in [3.63, 3.8) is 0 Å². The fraction of sp³-hybridized carbons (Fsp3) is 0.350. The Bertz CT molecular complexity index is 800. The highest BCUT2D eigenvalue weighted by molar-refractivity contribution is 5.97. The van der Waals surface area contributed by atoms with Crippen molar-refractivity contribution in [3.8, 4) is 11.5 Å². The Labute approximate surface area is 152 Å². The lowest BCUT2D eigenvalue weighted by molar-refractivity contribution is -0.156. The molecule has 26 heavy (non-hydrogen) atoms. The molecule has 0 spiro atoms. The van der Waals surface area contributed by atoms with E-state index in [1.807, 2.05) is 12.3 Å². The number of rotatable bonds is 6. The molecule has 6 heteroatoms. The summed E-state index contributed by atoms with van der Waals surface area (Å²) in [6, 6.07) is 9.36. The number of hydrogen-bond acceptors (Lipinski definition) is 6. The third-order valence-electron chi connectivity index (χ3n) is 4.36. The Morgan fingerprint density at radius 2 is 2.15 bits per heavy atom. The van der Waals surface area contributed by atoms with Gasteiger partial charge in [-0.2, -0.15) is 0 Å². The van der Waals surface area contributed by atoms with E-state index in [0.29, 0.717) is 24.5 Å². The zero-order chi connectivity index (χ0) is 18.5. The summed E-state index contributed by atoms with van der Waals surface area (Å²) in [4.78, 5) is 28.0. The molecule has 0 bridgehead atoms. The van der Waals surface area contributed by atoms with Crippen LogP contribution < -0.4 is 9.47 Å². The molecule has 1 unspecified atom stereocenters. The summed E-state index contributed by atoms with van der Waals surface area (Å²) in [7, 11) is 1.26. The standard InChI is InChI=1S/C20H21NO5/c1-3-13-4-6-15(21-12-13)8-9-25-16-7-5-14-10-17(19(22)24-2)20(23)26-18(14)11-16/h4-7,11-12,17H,3,8-10H2,1-2H3. The number of pyridine rings is 1. The normalized spacial score (nSPS) is 15.8. The van der Waals surface area contributed by atoms with Crippen molar-refractivity contribution in [1.29, 1.82) is 0 Å². The Morgan fingerprint density at radius 3 is 2.85 bits per heavy atom. The highest BCUT2D eigenvalue weighted by Gasteiger charge is 2.35. The third kappa shape index (κ3) is 4.02. The Kier molecular flexibility index (Phi) is 5.51. The first-order chi connectivity index (χ1) is 12.6. The number of nitrogens with zero attached hydrogens (tertiary/aromatic N) is 1. The number of esters is 2. The summed E-state index contributed by atoms with van der Waals surface area (Å²) in [5, 5.41) is 0. The number of fused-ring (bicyclic) bond motifs is 1. The SMILES string of the molecule is CCc1ccc(CCOc2ccc3c(c2)OC(=O)C(C(=O)OC)C3)nc1. The van der Waals surface area contributed by atoms with Gasteiger partial charge < -0.3 is 14.2 Å². The van der Waals surface area contributed by atoms with Crippen LogP contribution in [-0.4, -0.2) is 30.6 Å². The van der Waals surface area contributed by atoms with E-state index in [1.165, 1.54) is 12.7 Å². The van der Waals surface area contributed by atoms with Gasteiger partial charge in [-0.25, -0.2) is 0 Å². The molecule has 0 amide bonds. The van der Waals surface area contributed by atoms with Gasteiger partial charge in [0.15, 0.2) is 5.92 Å². The minimum Gasteiger partial charge on any atom is -0.493 e. The Hall–Kier alpha value is -2.89. The molecule has 0 radical (unpaired) electrons. The van der Waals surface area contributed by atoms with E-state index in [9.17, 15) is 9.59 Å². The molecule has 0 fully saturated rings. The number of hydrogen-bond donors (Lipinski definition) is 0. The smallest absolute Gasteiger partial charge is 0.326 e. The largest absolute Gasteiger partial charge is 0.493 e. The first-order valence-electron chi connectivity index (χ1n) is 8.59. The number of methoxy groups -OCH3 is 1. The second-order valence-electron chi connectivity index (χ2n) is 6.08. The van der Waals surface area contributed by atoms with Crippen LogP contribution in [0.4, 0.5) is 0 Å². The number of benzene rings is 1. The zero-order valence-electron chi connectivity index (χ0n) is 14.9. The fourth-order valence-electron chi connectivity index (χ4n) is 2.78. The first kappa shape index (κ1) is 17.9. The van der Waals surface area contributed by atoms with Gasteiger partial charge in [0.25, 0.3) is 0 Å². The minimum absolute atomic E-state index is 0.273. The molecule has 2 aromatic rings. The van der Waals surface area contributed by atoms with Crippen LogP contribution in [0, 0.1) is 5.92 Å². The van der Waals surface area contributed by atoms with Gasteiger partial charge in [0.1, 0.15) is 11.5 Å². The van der Waals surface area contributed by atoms with Crippen molar-refractivity contribution in [3.05, 3.63) is 53.3 Å². The topological polar surface area (TPSA) is 74.7 Å². The van der Waals surface area contributed by atoms with Crippen LogP contribution in [0.1, 0.15) is 23.7 Å². The van der Waals surface area contributed by atoms with Crippen molar-refractivity contribution in [1.82, 2.24) is 4.98 Å². The molecule has 1 aromatic carbocycles. The van der Waals surface area contributed by atoms with Gasteiger partial charge in [0.2, 0.25) is 0 Å². The van der Waals surface area contributed by atoms with E-state index in [1.54, 1.807) is 18.2 Å². The van der Waals surface area contributed by atoms with Gasteiger partial charge in [0, 0.05) is 30.8 Å². The second kappa shape index (κ2) is 7.99. The monoisotopic (exact) mass is 355 g/mol. The lowest BCUT2D eigenvalue weighted by Crippen LogP contribution is -2.34. The molecule has 1 atom stereocenters. The molecular weight excluding hydrogens is 334 g/mol. The Morgan fingerprint density at radius 1 is 1.31 bits per heavy atom. The predicted octanol–water partition coefficient (Wildman–Crippen LogP) is 2.52. The van der Waals surface area contributed by atoms with Crippen LogP contribution in [-0.2, 0) is 33.6 Å². The van der Waals surface area contributed by atoms with Crippen LogP contribution in [0.3, 0.4) is 0 Å². The Balaban J connectivity index is 1.60. The third-order valence-corrected chi connectivity index (χ3v) is 4.36. The molecule has 0 saturated carbocycles. The van der Waals surface area contributed by atoms with Crippen LogP contribution in [0.5, 0.6) is 11.5 Å². The summed E-state index contributed by atoms with van der Waals surface area (Å²) in [5.41, 5.74) is 2.95. The highest BCUT2D eigenvalue weighted by Crippen LogP contribution is 2.32. The molecule has 1 aromatic heterocycles. The molecule has 0 aliphatic carbocycles. The number of carbonyl (C=O) groups excluding carboxylic acids is 2. The summed E-state index contributed by atoms with van der Waals surface area (Å²) in [6.45, 7) is 2.56. The van der Waals surface area contributed by atoms with Crippen LogP contribution in [0.2, 0.25) is 0 Å². The lowest BCUT2D eigenvalue weighted by Gasteiger charge is -2.22. The maximum atomic E-state index is 11.9. The average Bonchev–Trinajstić information content (AvgIpc) is 2.67. The molecule has 136 valence electrons. The first-order valence-corrected chi connectivity index (χ1v) is 8.59. The maximum Gasteiger partial charge on any atom is 0.326 e. The highest BCUT2D eigenvalue weighted by atomic mass is 16.6. The van der Waals surface area contributed by atoms with E-state index in [2.05, 4.69) is 22.7 Å². The number of aryl methyl sites for hydroxylation is 1. The van der Waals surface area contributed by atoms with Gasteiger partial charge in [-0.05, 0) is 29.7 Å². The van der Waals surface area contributed by atoms with Crippen LogP contribution >= 0.6 is 0 Å². The quantitative estimate of drug-likeness (QED) is 0.450. The minimum atomic E-state index is -0.906. The molecule has 2 heterocycles. The zero-order valence-corrected chi connectivity index (χ0v) is 14.9. The lowest BCUT2D eigenvalue weighted by atomic mass is 9.96. The summed E-state index contributed by atoms with van der Waals surface area (Å²) in [6.07, 6.45) is 3.81. The molecule has 1 aliphatic rings. The predicted molar refractivity (Wildman–Crippen MR) is 94.1 cm³/mol. The molecule has 1 aliphatic heterocycles. The van der Waals surface area contributed by atoms with Gasteiger partial charge >= 0.3 is 11.9 Å². The maximum absolute atomic E-state index is 11.9. The van der Waals surface area contributed by atoms with Crippen molar-refractivity contribution in [2.24, 2.45) is 5.92 Å². The van der Waals surface area contributed by atoms with Gasteiger partial charge in [-0.3, -0.25) is 14.6 Å². The van der Waals surface area contributed by atoms with Crippen molar-refractivity contribution in [2.75, 3.05) is 13.7 Å². The van der Waals surface area contributed by atoms with Crippen LogP contribution in [0.15, 0.2) is 36.5 Å². The molecule has 6 nitrogen and oxygen atoms in total. The molecule has 3 rings (SSSR count). The van der Waals surface area contributed by atoms with Gasteiger partial charge in [0.05, 0.1) is 13.7 Å². The second-order valence-corrected chi connectivity index (χ2v) is 6.08. The summed E-state index contributed by atoms with van der Waals surface area (Å²) >= 11 is 0. The van der Waals surface area contributed by atoms with E-state index in [-0.39, 0.29) is 6.42 Å². The van der Waals surface area contributed by atoms with Crippen LogP contribution in [0.25, 0.3) is 0 Å². The summed E-state index contributed by atoms with van der Waals surface area (Å²) < 4.78 is 15.6. The number of ether oxygens (including phenoxy) is 3. The van der Waals surface area contributed by atoms with Gasteiger partial charge in [-0.15, -0.1) is 0 Å². The van der Waals surface area contributed by atoms with E-state index >= 15 is 0 Å². The van der Waals surface area contributed by atoms with E-state index < -0.39 is 17.9 Å². The molecule has 0 N–H and O–H groups in total. The number of aromatic nitrogens is 1. The molecule has 0 saturated heterocycles.